The highest BCUT2D eigenvalue weighted by atomic mass is 32.1. The molecular weight excluding hydrogens is 338 g/mol. The lowest BCUT2D eigenvalue weighted by Crippen LogP contribution is -2.30. The number of ether oxygens (including phenoxy) is 1. The topological polar surface area (TPSA) is 84.1 Å². The van der Waals surface area contributed by atoms with Gasteiger partial charge in [0.2, 0.25) is 0 Å². The fourth-order valence-electron chi connectivity index (χ4n) is 2.42. The van der Waals surface area contributed by atoms with E-state index in [4.69, 9.17) is 4.74 Å². The van der Waals surface area contributed by atoms with Crippen molar-refractivity contribution in [1.29, 1.82) is 0 Å². The maximum Gasteiger partial charge on any atom is 0.307 e. The zero-order chi connectivity index (χ0) is 17.6. The Morgan fingerprint density at radius 2 is 2.04 bits per heavy atom. The molecule has 25 heavy (non-hydrogen) atoms. The molecule has 0 aliphatic carbocycles. The van der Waals surface area contributed by atoms with Gasteiger partial charge in [0, 0.05) is 0 Å². The van der Waals surface area contributed by atoms with Crippen molar-refractivity contribution >= 4 is 23.2 Å². The van der Waals surface area contributed by atoms with Crippen molar-refractivity contribution in [3.05, 3.63) is 65.2 Å². The molecule has 0 radical (unpaired) electrons. The number of aromatic nitrogens is 2. The second-order valence-electron chi connectivity index (χ2n) is 5.36. The summed E-state index contributed by atoms with van der Waals surface area (Å²) >= 11 is 1.56. The molecule has 7 heteroatoms. The lowest BCUT2D eigenvalue weighted by Gasteiger charge is -2.17. The predicted octanol–water partition coefficient (Wildman–Crippen LogP) is 3.17. The van der Waals surface area contributed by atoms with Crippen LogP contribution in [-0.4, -0.2) is 29.2 Å². The molecular formula is C18H17N3O3S. The van der Waals surface area contributed by atoms with Gasteiger partial charge >= 0.3 is 5.97 Å². The van der Waals surface area contributed by atoms with Gasteiger partial charge in [0.1, 0.15) is 0 Å². The number of thiophene rings is 1. The van der Waals surface area contributed by atoms with Crippen LogP contribution in [0.1, 0.15) is 28.5 Å². The van der Waals surface area contributed by atoms with E-state index in [2.05, 4.69) is 15.5 Å². The molecule has 1 atom stereocenters. The molecule has 1 amide bonds. The molecule has 0 fully saturated rings. The lowest BCUT2D eigenvalue weighted by molar-refractivity contribution is -0.141. The Labute approximate surface area is 148 Å². The van der Waals surface area contributed by atoms with Crippen LogP contribution in [0.25, 0.3) is 10.6 Å². The van der Waals surface area contributed by atoms with Crippen LogP contribution in [0.2, 0.25) is 0 Å². The van der Waals surface area contributed by atoms with E-state index in [0.717, 1.165) is 16.1 Å². The van der Waals surface area contributed by atoms with Gasteiger partial charge in [0.05, 0.1) is 30.1 Å². The van der Waals surface area contributed by atoms with Crippen LogP contribution < -0.4 is 5.32 Å². The number of H-pyrrole nitrogens is 1. The molecule has 128 valence electrons. The Hall–Kier alpha value is -2.93. The van der Waals surface area contributed by atoms with Crippen LogP contribution in [0.5, 0.6) is 0 Å². The number of rotatable bonds is 6. The molecule has 0 aliphatic heterocycles. The fraction of sp³-hybridized carbons (Fsp3) is 0.167. The summed E-state index contributed by atoms with van der Waals surface area (Å²) in [7, 11) is 1.33. The van der Waals surface area contributed by atoms with E-state index >= 15 is 0 Å². The van der Waals surface area contributed by atoms with Crippen LogP contribution in [0, 0.1) is 0 Å². The number of hydrogen-bond acceptors (Lipinski definition) is 5. The first-order valence-corrected chi connectivity index (χ1v) is 8.57. The summed E-state index contributed by atoms with van der Waals surface area (Å²) in [5, 5.41) is 11.7. The molecule has 2 heterocycles. The number of amides is 1. The van der Waals surface area contributed by atoms with E-state index in [-0.39, 0.29) is 18.0 Å². The average molecular weight is 355 g/mol. The molecule has 0 saturated heterocycles. The van der Waals surface area contributed by atoms with Crippen molar-refractivity contribution in [1.82, 2.24) is 15.5 Å². The van der Waals surface area contributed by atoms with E-state index < -0.39 is 12.0 Å². The minimum absolute atomic E-state index is 0.0501. The van der Waals surface area contributed by atoms with Gasteiger partial charge in [-0.3, -0.25) is 14.7 Å². The molecule has 1 unspecified atom stereocenters. The molecule has 0 spiro atoms. The minimum atomic E-state index is -0.483. The monoisotopic (exact) mass is 355 g/mol. The fourth-order valence-corrected chi connectivity index (χ4v) is 3.11. The van der Waals surface area contributed by atoms with E-state index in [1.165, 1.54) is 7.11 Å². The van der Waals surface area contributed by atoms with Crippen LogP contribution in [0.4, 0.5) is 0 Å². The molecule has 0 saturated carbocycles. The largest absolute Gasteiger partial charge is 0.469 e. The Balaban J connectivity index is 1.77. The second-order valence-corrected chi connectivity index (χ2v) is 6.31. The maximum absolute atomic E-state index is 12.5. The van der Waals surface area contributed by atoms with E-state index in [0.29, 0.717) is 0 Å². The molecule has 0 bridgehead atoms. The molecule has 2 aromatic heterocycles. The van der Waals surface area contributed by atoms with E-state index in [1.807, 2.05) is 47.8 Å². The zero-order valence-corrected chi connectivity index (χ0v) is 14.4. The number of aromatic amines is 1. The third-order valence-electron chi connectivity index (χ3n) is 3.70. The van der Waals surface area contributed by atoms with Crippen molar-refractivity contribution in [2.45, 2.75) is 12.5 Å². The number of benzene rings is 1. The number of carbonyl (C=O) groups excluding carboxylic acids is 2. The molecule has 0 aliphatic rings. The SMILES string of the molecule is COC(=O)CC(NC(=O)c1cc(-c2cccs2)[nH]n1)c1ccccc1. The first-order chi connectivity index (χ1) is 12.2. The lowest BCUT2D eigenvalue weighted by atomic mass is 10.0. The number of nitrogens with zero attached hydrogens (tertiary/aromatic N) is 1. The van der Waals surface area contributed by atoms with Gasteiger partial charge in [-0.15, -0.1) is 11.3 Å². The summed E-state index contributed by atoms with van der Waals surface area (Å²) in [5.74, 6) is -0.743. The highest BCUT2D eigenvalue weighted by molar-refractivity contribution is 7.13. The number of carbonyl (C=O) groups is 2. The first kappa shape index (κ1) is 16.9. The molecule has 3 aromatic rings. The van der Waals surface area contributed by atoms with Crippen molar-refractivity contribution in [2.75, 3.05) is 7.11 Å². The summed E-state index contributed by atoms with van der Waals surface area (Å²) in [6.07, 6.45) is 0.0501. The van der Waals surface area contributed by atoms with Gasteiger partial charge in [-0.05, 0) is 23.1 Å². The van der Waals surface area contributed by atoms with Gasteiger partial charge in [0.25, 0.3) is 5.91 Å². The Kier molecular flexibility index (Phi) is 5.25. The predicted molar refractivity (Wildman–Crippen MR) is 95.2 cm³/mol. The van der Waals surface area contributed by atoms with Crippen molar-refractivity contribution in [3.63, 3.8) is 0 Å². The summed E-state index contributed by atoms with van der Waals surface area (Å²) < 4.78 is 4.73. The summed E-state index contributed by atoms with van der Waals surface area (Å²) in [5.41, 5.74) is 1.88. The van der Waals surface area contributed by atoms with Gasteiger partial charge < -0.3 is 10.1 Å². The van der Waals surface area contributed by atoms with Crippen molar-refractivity contribution in [3.8, 4) is 10.6 Å². The average Bonchev–Trinajstić information content (AvgIpc) is 3.33. The first-order valence-electron chi connectivity index (χ1n) is 7.69. The molecule has 6 nitrogen and oxygen atoms in total. The Morgan fingerprint density at radius 3 is 2.72 bits per heavy atom. The van der Waals surface area contributed by atoms with Gasteiger partial charge in [-0.2, -0.15) is 5.10 Å². The highest BCUT2D eigenvalue weighted by Crippen LogP contribution is 2.23. The Bertz CT molecular complexity index is 844. The van der Waals surface area contributed by atoms with Crippen LogP contribution in [-0.2, 0) is 9.53 Å². The third-order valence-corrected chi connectivity index (χ3v) is 4.61. The van der Waals surface area contributed by atoms with E-state index in [9.17, 15) is 9.59 Å². The molecule has 2 N–H and O–H groups in total. The van der Waals surface area contributed by atoms with Crippen molar-refractivity contribution in [2.24, 2.45) is 0 Å². The van der Waals surface area contributed by atoms with Crippen molar-refractivity contribution < 1.29 is 14.3 Å². The summed E-state index contributed by atoms with van der Waals surface area (Å²) in [4.78, 5) is 25.2. The summed E-state index contributed by atoms with van der Waals surface area (Å²) in [6, 6.07) is 14.4. The summed E-state index contributed by atoms with van der Waals surface area (Å²) in [6.45, 7) is 0. The van der Waals surface area contributed by atoms with E-state index in [1.54, 1.807) is 17.4 Å². The van der Waals surface area contributed by atoms with Crippen LogP contribution in [0.3, 0.4) is 0 Å². The van der Waals surface area contributed by atoms with Crippen LogP contribution in [0.15, 0.2) is 53.9 Å². The number of hydrogen-bond donors (Lipinski definition) is 2. The van der Waals surface area contributed by atoms with Crippen LogP contribution >= 0.6 is 11.3 Å². The zero-order valence-electron chi connectivity index (χ0n) is 13.6. The third kappa shape index (κ3) is 4.13. The van der Waals surface area contributed by atoms with Gasteiger partial charge in [0.15, 0.2) is 5.69 Å². The molecule has 1 aromatic carbocycles. The number of methoxy groups -OCH3 is 1. The number of esters is 1. The second kappa shape index (κ2) is 7.76. The Morgan fingerprint density at radius 1 is 1.24 bits per heavy atom. The van der Waals surface area contributed by atoms with Gasteiger partial charge in [-0.1, -0.05) is 36.4 Å². The normalized spacial score (nSPS) is 11.7. The standard InChI is InChI=1S/C18H17N3O3S/c1-24-17(22)11-13(12-6-3-2-4-7-12)19-18(23)15-10-14(20-21-15)16-8-5-9-25-16/h2-10,13H,11H2,1H3,(H,19,23)(H,20,21). The smallest absolute Gasteiger partial charge is 0.307 e. The number of nitrogens with one attached hydrogen (secondary N) is 2. The molecule has 3 rings (SSSR count). The minimum Gasteiger partial charge on any atom is -0.469 e. The maximum atomic E-state index is 12.5. The quantitative estimate of drug-likeness (QED) is 0.665. The van der Waals surface area contributed by atoms with Gasteiger partial charge in [-0.25, -0.2) is 0 Å². The highest BCUT2D eigenvalue weighted by Gasteiger charge is 2.21.